The summed E-state index contributed by atoms with van der Waals surface area (Å²) < 4.78 is 0. The van der Waals surface area contributed by atoms with Gasteiger partial charge in [-0.3, -0.25) is 4.79 Å². The maximum Gasteiger partial charge on any atom is 0.265 e. The van der Waals surface area contributed by atoms with Gasteiger partial charge in [0.05, 0.1) is 5.69 Å². The van der Waals surface area contributed by atoms with Crippen molar-refractivity contribution in [3.8, 4) is 10.8 Å². The molecule has 1 N–H and O–H groups in total. The van der Waals surface area contributed by atoms with Crippen LogP contribution >= 0.6 is 23.7 Å². The molecule has 2 aromatic heterocycles. The highest BCUT2D eigenvalue weighted by atomic mass is 35.5. The average Bonchev–Trinajstić information content (AvgIpc) is 3.19. The Morgan fingerprint density at radius 3 is 2.43 bits per heavy atom. The highest BCUT2D eigenvalue weighted by Crippen LogP contribution is 2.33. The van der Waals surface area contributed by atoms with Crippen LogP contribution in [0.4, 0.5) is 0 Å². The van der Waals surface area contributed by atoms with Crippen molar-refractivity contribution in [3.05, 3.63) is 29.0 Å². The van der Waals surface area contributed by atoms with E-state index < -0.39 is 0 Å². The molecule has 0 radical (unpaired) electrons. The smallest absolute Gasteiger partial charge is 0.265 e. The summed E-state index contributed by atoms with van der Waals surface area (Å²) in [5, 5.41) is 4.19. The third-order valence-corrected chi connectivity index (χ3v) is 6.94. The molecule has 2 aromatic rings. The van der Waals surface area contributed by atoms with Gasteiger partial charge in [0.25, 0.3) is 5.91 Å². The van der Waals surface area contributed by atoms with Gasteiger partial charge in [-0.2, -0.15) is 0 Å². The van der Waals surface area contributed by atoms with E-state index in [1.165, 1.54) is 24.2 Å². The molecule has 28 heavy (non-hydrogen) atoms. The van der Waals surface area contributed by atoms with Crippen LogP contribution in [0.5, 0.6) is 0 Å². The fourth-order valence-corrected chi connectivity index (χ4v) is 5.37. The second kappa shape index (κ2) is 9.76. The van der Waals surface area contributed by atoms with Crippen LogP contribution in [-0.2, 0) is 6.42 Å². The van der Waals surface area contributed by atoms with E-state index in [0.29, 0.717) is 5.82 Å². The number of amides is 1. The minimum atomic E-state index is 0. The minimum absolute atomic E-state index is 0. The van der Waals surface area contributed by atoms with Crippen molar-refractivity contribution in [2.45, 2.75) is 39.0 Å². The molecule has 4 rings (SSSR count). The Labute approximate surface area is 176 Å². The molecule has 2 saturated heterocycles. The van der Waals surface area contributed by atoms with Crippen LogP contribution in [0.2, 0.25) is 0 Å². The van der Waals surface area contributed by atoms with Gasteiger partial charge in [-0.05, 0) is 63.1 Å². The number of halogens is 1. The first-order valence-corrected chi connectivity index (χ1v) is 10.8. The molecule has 8 heteroatoms. The lowest BCUT2D eigenvalue weighted by atomic mass is 9.79. The number of rotatable bonds is 4. The molecular weight excluding hydrogens is 394 g/mol. The largest absolute Gasteiger partial charge is 0.338 e. The zero-order chi connectivity index (χ0) is 18.6. The topological polar surface area (TPSA) is 71.0 Å². The van der Waals surface area contributed by atoms with Crippen molar-refractivity contribution < 1.29 is 4.79 Å². The number of aromatic nitrogens is 3. The summed E-state index contributed by atoms with van der Waals surface area (Å²) >= 11 is 1.43. The van der Waals surface area contributed by atoms with Crippen molar-refractivity contribution in [3.63, 3.8) is 0 Å². The van der Waals surface area contributed by atoms with Crippen molar-refractivity contribution >= 4 is 29.7 Å². The Bertz CT molecular complexity index is 770. The van der Waals surface area contributed by atoms with Crippen molar-refractivity contribution in [2.75, 3.05) is 26.2 Å². The Morgan fingerprint density at radius 2 is 1.79 bits per heavy atom. The van der Waals surface area contributed by atoms with Crippen LogP contribution < -0.4 is 5.32 Å². The van der Waals surface area contributed by atoms with Crippen LogP contribution in [-0.4, -0.2) is 51.9 Å². The Kier molecular flexibility index (Phi) is 7.37. The third kappa shape index (κ3) is 4.53. The number of aryl methyl sites for hydroxylation is 1. The van der Waals surface area contributed by atoms with Crippen LogP contribution in [0.3, 0.4) is 0 Å². The molecule has 1 amide bonds. The van der Waals surface area contributed by atoms with Crippen LogP contribution in [0.25, 0.3) is 10.8 Å². The Balaban J connectivity index is 0.00000225. The quantitative estimate of drug-likeness (QED) is 0.818. The van der Waals surface area contributed by atoms with E-state index in [1.807, 2.05) is 11.8 Å². The Hall–Kier alpha value is -1.57. The van der Waals surface area contributed by atoms with Gasteiger partial charge in [0.1, 0.15) is 4.88 Å². The first kappa shape index (κ1) is 21.1. The number of hydrogen-bond acceptors (Lipinski definition) is 6. The molecule has 2 fully saturated rings. The molecule has 6 nitrogen and oxygen atoms in total. The predicted molar refractivity (Wildman–Crippen MR) is 114 cm³/mol. The van der Waals surface area contributed by atoms with Crippen LogP contribution in [0.1, 0.15) is 48.0 Å². The summed E-state index contributed by atoms with van der Waals surface area (Å²) in [7, 11) is 0. The molecule has 0 bridgehead atoms. The molecule has 0 aromatic carbocycles. The number of thiazole rings is 1. The number of nitrogens with one attached hydrogen (secondary N) is 1. The molecule has 0 saturated carbocycles. The van der Waals surface area contributed by atoms with Gasteiger partial charge < -0.3 is 10.2 Å². The summed E-state index contributed by atoms with van der Waals surface area (Å²) in [6.45, 7) is 6.08. The van der Waals surface area contributed by atoms with Gasteiger partial charge in [0.2, 0.25) is 0 Å². The first-order chi connectivity index (χ1) is 13.3. The third-order valence-electron chi connectivity index (χ3n) is 5.86. The predicted octanol–water partition coefficient (Wildman–Crippen LogP) is 3.44. The number of carbonyl (C=O) groups is 1. The van der Waals surface area contributed by atoms with Crippen LogP contribution in [0.15, 0.2) is 18.5 Å². The molecule has 0 aliphatic carbocycles. The minimum Gasteiger partial charge on any atom is -0.338 e. The van der Waals surface area contributed by atoms with Crippen LogP contribution in [0, 0.1) is 11.8 Å². The number of likely N-dealkylation sites (tertiary alicyclic amines) is 1. The average molecular weight is 422 g/mol. The molecule has 4 heterocycles. The molecule has 0 spiro atoms. The lowest BCUT2D eigenvalue weighted by molar-refractivity contribution is 0.0645. The van der Waals surface area contributed by atoms with E-state index in [9.17, 15) is 4.79 Å². The summed E-state index contributed by atoms with van der Waals surface area (Å²) in [5.74, 6) is 2.34. The van der Waals surface area contributed by atoms with E-state index in [0.717, 1.165) is 72.9 Å². The lowest BCUT2D eigenvalue weighted by Crippen LogP contribution is -2.42. The highest BCUT2D eigenvalue weighted by molar-refractivity contribution is 7.17. The summed E-state index contributed by atoms with van der Waals surface area (Å²) in [4.78, 5) is 29.1. The number of hydrogen-bond donors (Lipinski definition) is 1. The first-order valence-electron chi connectivity index (χ1n) is 10.0. The van der Waals surface area contributed by atoms with E-state index in [2.05, 4.69) is 20.3 Å². The monoisotopic (exact) mass is 421 g/mol. The second-order valence-electron chi connectivity index (χ2n) is 7.44. The maximum atomic E-state index is 13.2. The fraction of sp³-hybridized carbons (Fsp3) is 0.600. The highest BCUT2D eigenvalue weighted by Gasteiger charge is 2.31. The molecule has 152 valence electrons. The van der Waals surface area contributed by atoms with Crippen molar-refractivity contribution in [2.24, 2.45) is 11.8 Å². The number of piperidine rings is 2. The number of nitrogens with zero attached hydrogens (tertiary/aromatic N) is 4. The molecule has 0 unspecified atom stereocenters. The van der Waals surface area contributed by atoms with E-state index >= 15 is 0 Å². The Morgan fingerprint density at radius 1 is 1.14 bits per heavy atom. The van der Waals surface area contributed by atoms with Gasteiger partial charge >= 0.3 is 0 Å². The van der Waals surface area contributed by atoms with E-state index in [1.54, 1.807) is 18.5 Å². The van der Waals surface area contributed by atoms with Gasteiger partial charge in [0, 0.05) is 25.5 Å². The summed E-state index contributed by atoms with van der Waals surface area (Å²) in [6, 6.07) is 1.79. The normalized spacial score (nSPS) is 18.7. The van der Waals surface area contributed by atoms with E-state index in [-0.39, 0.29) is 18.3 Å². The molecule has 2 aliphatic rings. The molecule has 2 aliphatic heterocycles. The van der Waals surface area contributed by atoms with Gasteiger partial charge in [-0.25, -0.2) is 15.0 Å². The van der Waals surface area contributed by atoms with Gasteiger partial charge in [-0.15, -0.1) is 23.7 Å². The summed E-state index contributed by atoms with van der Waals surface area (Å²) in [6.07, 6.45) is 9.00. The lowest BCUT2D eigenvalue weighted by Gasteiger charge is -2.37. The van der Waals surface area contributed by atoms with Gasteiger partial charge in [-0.1, -0.05) is 6.92 Å². The molecule has 0 atom stereocenters. The summed E-state index contributed by atoms with van der Waals surface area (Å²) in [5.41, 5.74) is 0.868. The zero-order valence-electron chi connectivity index (χ0n) is 16.3. The second-order valence-corrected chi connectivity index (χ2v) is 8.44. The SMILES string of the molecule is CCc1nc(-c2ncccn2)sc1C(=O)N1CCC(C2CCNCC2)CC1.Cl. The fourth-order valence-electron chi connectivity index (χ4n) is 4.30. The van der Waals surface area contributed by atoms with Gasteiger partial charge in [0.15, 0.2) is 10.8 Å². The van der Waals surface area contributed by atoms with E-state index in [4.69, 9.17) is 0 Å². The van der Waals surface area contributed by atoms with Crippen molar-refractivity contribution in [1.82, 2.24) is 25.2 Å². The number of carbonyl (C=O) groups excluding carboxylic acids is 1. The molecular formula is C20H28ClN5OS. The standard InChI is InChI=1S/C20H27N5OS.ClH/c1-2-16-17(27-19(24-16)18-22-8-3-9-23-18)20(26)25-12-6-15(7-13-25)14-4-10-21-11-5-14;/h3,8-9,14-15,21H,2,4-7,10-13H2,1H3;1H. The zero-order valence-corrected chi connectivity index (χ0v) is 17.9. The maximum absolute atomic E-state index is 13.2. The van der Waals surface area contributed by atoms with Crippen molar-refractivity contribution in [1.29, 1.82) is 0 Å².